The van der Waals surface area contributed by atoms with E-state index in [1.54, 1.807) is 0 Å². The van der Waals surface area contributed by atoms with Crippen LogP contribution in [0, 0.1) is 16.7 Å². The van der Waals surface area contributed by atoms with E-state index in [0.717, 1.165) is 18.9 Å². The first kappa shape index (κ1) is 15.0. The molecule has 0 aromatic carbocycles. The molecule has 102 valence electrons. The van der Waals surface area contributed by atoms with Crippen LogP contribution in [-0.4, -0.2) is 35.7 Å². The summed E-state index contributed by atoms with van der Waals surface area (Å²) in [6.07, 6.45) is 2.03. The second-order valence-electron chi connectivity index (χ2n) is 7.82. The number of aliphatic hydroxyl groups excluding tert-OH is 1. The highest BCUT2D eigenvalue weighted by molar-refractivity contribution is 4.84. The van der Waals surface area contributed by atoms with Crippen LogP contribution in [0.2, 0.25) is 0 Å². The van der Waals surface area contributed by atoms with Gasteiger partial charge in [-0.3, -0.25) is 0 Å². The molecule has 1 heterocycles. The van der Waals surface area contributed by atoms with Crippen LogP contribution in [0.3, 0.4) is 0 Å². The van der Waals surface area contributed by atoms with Gasteiger partial charge in [0.05, 0.1) is 6.10 Å². The molecule has 2 nitrogen and oxygen atoms in total. The van der Waals surface area contributed by atoms with E-state index in [4.69, 9.17) is 0 Å². The average molecular weight is 241 g/mol. The molecule has 0 spiro atoms. The Morgan fingerprint density at radius 3 is 2.18 bits per heavy atom. The van der Waals surface area contributed by atoms with Crippen LogP contribution in [0.4, 0.5) is 0 Å². The molecule has 0 aliphatic carbocycles. The number of hydrogen-bond acceptors (Lipinski definition) is 2. The Balaban J connectivity index is 2.32. The summed E-state index contributed by atoms with van der Waals surface area (Å²) in [5, 5.41) is 10.0. The third-order valence-electron chi connectivity index (χ3n) is 4.22. The summed E-state index contributed by atoms with van der Waals surface area (Å²) < 4.78 is 0. The van der Waals surface area contributed by atoms with Crippen molar-refractivity contribution >= 4 is 0 Å². The minimum Gasteiger partial charge on any atom is -0.393 e. The Morgan fingerprint density at radius 2 is 1.76 bits per heavy atom. The van der Waals surface area contributed by atoms with Crippen LogP contribution in [0.5, 0.6) is 0 Å². The van der Waals surface area contributed by atoms with E-state index in [2.05, 4.69) is 46.4 Å². The molecule has 1 saturated heterocycles. The molecule has 1 aliphatic rings. The molecule has 1 N–H and O–H groups in total. The van der Waals surface area contributed by atoms with Crippen molar-refractivity contribution in [1.82, 2.24) is 4.90 Å². The van der Waals surface area contributed by atoms with Crippen molar-refractivity contribution in [3.63, 3.8) is 0 Å². The minimum atomic E-state index is -0.184. The largest absolute Gasteiger partial charge is 0.393 e. The Kier molecular flexibility index (Phi) is 4.65. The van der Waals surface area contributed by atoms with E-state index in [0.29, 0.717) is 5.41 Å². The van der Waals surface area contributed by atoms with Crippen molar-refractivity contribution in [3.05, 3.63) is 0 Å². The summed E-state index contributed by atoms with van der Waals surface area (Å²) in [5.41, 5.74) is 0.445. The van der Waals surface area contributed by atoms with Crippen molar-refractivity contribution in [2.45, 2.75) is 60.5 Å². The third kappa shape index (κ3) is 4.59. The highest BCUT2D eigenvalue weighted by Gasteiger charge is 2.32. The van der Waals surface area contributed by atoms with E-state index >= 15 is 0 Å². The van der Waals surface area contributed by atoms with Gasteiger partial charge in [-0.05, 0) is 36.1 Å². The van der Waals surface area contributed by atoms with Gasteiger partial charge < -0.3 is 10.0 Å². The monoisotopic (exact) mass is 241 g/mol. The van der Waals surface area contributed by atoms with Gasteiger partial charge in [0.15, 0.2) is 0 Å². The molecule has 17 heavy (non-hydrogen) atoms. The SMILES string of the molecule is CC(C)(C)C(O)CCN1CCC(C(C)(C)C)C1. The van der Waals surface area contributed by atoms with Crippen molar-refractivity contribution in [3.8, 4) is 0 Å². The van der Waals surface area contributed by atoms with Gasteiger partial charge in [0.1, 0.15) is 0 Å². The summed E-state index contributed by atoms with van der Waals surface area (Å²) in [7, 11) is 0. The lowest BCUT2D eigenvalue weighted by atomic mass is 9.80. The molecular formula is C15H31NO. The van der Waals surface area contributed by atoms with Crippen molar-refractivity contribution in [2.75, 3.05) is 19.6 Å². The maximum absolute atomic E-state index is 10.0. The molecule has 0 aromatic heterocycles. The maximum atomic E-state index is 10.0. The fourth-order valence-electron chi connectivity index (χ4n) is 2.48. The van der Waals surface area contributed by atoms with Gasteiger partial charge in [-0.1, -0.05) is 41.5 Å². The van der Waals surface area contributed by atoms with Crippen molar-refractivity contribution < 1.29 is 5.11 Å². The molecule has 2 atom stereocenters. The first-order valence-corrected chi connectivity index (χ1v) is 7.01. The molecule has 2 heteroatoms. The molecule has 1 aliphatic heterocycles. The van der Waals surface area contributed by atoms with Crippen LogP contribution in [0.15, 0.2) is 0 Å². The zero-order valence-corrected chi connectivity index (χ0v) is 12.6. The normalized spacial score (nSPS) is 25.2. The standard InChI is InChI=1S/C15H31NO/c1-14(2,3)12-7-9-16(11-12)10-8-13(17)15(4,5)6/h12-13,17H,7-11H2,1-6H3. The second-order valence-corrected chi connectivity index (χ2v) is 7.82. The highest BCUT2D eigenvalue weighted by atomic mass is 16.3. The summed E-state index contributed by atoms with van der Waals surface area (Å²) in [6, 6.07) is 0. The predicted octanol–water partition coefficient (Wildman–Crippen LogP) is 3.15. The van der Waals surface area contributed by atoms with Crippen molar-refractivity contribution in [2.24, 2.45) is 16.7 Å². The summed E-state index contributed by atoms with van der Waals surface area (Å²) >= 11 is 0. The molecular weight excluding hydrogens is 210 g/mol. The van der Waals surface area contributed by atoms with Gasteiger partial charge >= 0.3 is 0 Å². The summed E-state index contributed by atoms with van der Waals surface area (Å²) in [4.78, 5) is 2.52. The minimum absolute atomic E-state index is 0.0170. The lowest BCUT2D eigenvalue weighted by Crippen LogP contribution is -2.32. The summed E-state index contributed by atoms with van der Waals surface area (Å²) in [5.74, 6) is 0.814. The smallest absolute Gasteiger partial charge is 0.0600 e. The van der Waals surface area contributed by atoms with E-state index < -0.39 is 0 Å². The Morgan fingerprint density at radius 1 is 1.18 bits per heavy atom. The maximum Gasteiger partial charge on any atom is 0.0600 e. The first-order chi connectivity index (χ1) is 7.60. The van der Waals surface area contributed by atoms with Gasteiger partial charge in [-0.15, -0.1) is 0 Å². The summed E-state index contributed by atoms with van der Waals surface area (Å²) in [6.45, 7) is 16.8. The molecule has 2 unspecified atom stereocenters. The third-order valence-corrected chi connectivity index (χ3v) is 4.22. The van der Waals surface area contributed by atoms with Gasteiger partial charge in [0.25, 0.3) is 0 Å². The molecule has 0 bridgehead atoms. The van der Waals surface area contributed by atoms with Gasteiger partial charge in [-0.2, -0.15) is 0 Å². The van der Waals surface area contributed by atoms with E-state index in [9.17, 15) is 5.11 Å². The number of likely N-dealkylation sites (tertiary alicyclic amines) is 1. The first-order valence-electron chi connectivity index (χ1n) is 7.01. The fourth-order valence-corrected chi connectivity index (χ4v) is 2.48. The topological polar surface area (TPSA) is 23.5 Å². The van der Waals surface area contributed by atoms with Crippen LogP contribution in [0.1, 0.15) is 54.4 Å². The Labute approximate surface area is 107 Å². The number of aliphatic hydroxyl groups is 1. The fraction of sp³-hybridized carbons (Fsp3) is 1.00. The molecule has 1 fully saturated rings. The van der Waals surface area contributed by atoms with E-state index in [1.165, 1.54) is 19.5 Å². The van der Waals surface area contributed by atoms with E-state index in [1.807, 2.05) is 0 Å². The zero-order valence-electron chi connectivity index (χ0n) is 12.6. The zero-order chi connectivity index (χ0) is 13.3. The Hall–Kier alpha value is -0.0800. The lowest BCUT2D eigenvalue weighted by Gasteiger charge is -2.29. The van der Waals surface area contributed by atoms with Gasteiger partial charge in [-0.25, -0.2) is 0 Å². The molecule has 0 amide bonds. The lowest BCUT2D eigenvalue weighted by molar-refractivity contribution is 0.0469. The van der Waals surface area contributed by atoms with Crippen LogP contribution in [0.25, 0.3) is 0 Å². The van der Waals surface area contributed by atoms with Gasteiger partial charge in [0, 0.05) is 13.1 Å². The second kappa shape index (κ2) is 5.27. The number of hydrogen-bond donors (Lipinski definition) is 1. The molecule has 0 aromatic rings. The highest BCUT2D eigenvalue weighted by Crippen LogP contribution is 2.33. The molecule has 0 radical (unpaired) electrons. The molecule has 0 saturated carbocycles. The Bertz CT molecular complexity index is 236. The quantitative estimate of drug-likeness (QED) is 0.820. The predicted molar refractivity (Wildman–Crippen MR) is 74.1 cm³/mol. The van der Waals surface area contributed by atoms with Crippen LogP contribution < -0.4 is 0 Å². The molecule has 1 rings (SSSR count). The van der Waals surface area contributed by atoms with Gasteiger partial charge in [0.2, 0.25) is 0 Å². The average Bonchev–Trinajstić information content (AvgIpc) is 2.59. The number of rotatable bonds is 3. The number of nitrogens with zero attached hydrogens (tertiary/aromatic N) is 1. The van der Waals surface area contributed by atoms with Crippen LogP contribution >= 0.6 is 0 Å². The van der Waals surface area contributed by atoms with E-state index in [-0.39, 0.29) is 11.5 Å². The van der Waals surface area contributed by atoms with Crippen LogP contribution in [-0.2, 0) is 0 Å². The van der Waals surface area contributed by atoms with Crippen molar-refractivity contribution in [1.29, 1.82) is 0 Å².